The first-order chi connectivity index (χ1) is 17.8. The summed E-state index contributed by atoms with van der Waals surface area (Å²) in [5.74, 6) is -4.35. The molecule has 216 valence electrons. The summed E-state index contributed by atoms with van der Waals surface area (Å²) in [6.07, 6.45) is -4.57. The number of carbonyl (C=O) groups is 5. The van der Waals surface area contributed by atoms with Crippen molar-refractivity contribution in [3.05, 3.63) is 0 Å². The monoisotopic (exact) mass is 546 g/mol. The summed E-state index contributed by atoms with van der Waals surface area (Å²) in [6, 6.07) is -3.69. The zero-order valence-corrected chi connectivity index (χ0v) is 21.4. The van der Waals surface area contributed by atoms with Crippen molar-refractivity contribution < 1.29 is 53.9 Å². The molecular weight excluding hydrogens is 508 g/mol. The van der Waals surface area contributed by atoms with Crippen LogP contribution in [0.5, 0.6) is 0 Å². The van der Waals surface area contributed by atoms with E-state index >= 15 is 0 Å². The molecule has 2 fully saturated rings. The molecule has 0 spiro atoms. The third-order valence-electron chi connectivity index (χ3n) is 6.70. The number of nitrogens with two attached hydrogens (primary N) is 1. The van der Waals surface area contributed by atoms with Crippen molar-refractivity contribution in [3.8, 4) is 0 Å². The average molecular weight is 547 g/mol. The molecule has 1 aliphatic heterocycles. The molecule has 2 aliphatic rings. The fourth-order valence-electron chi connectivity index (χ4n) is 4.41. The molecule has 1 saturated carbocycles. The van der Waals surface area contributed by atoms with Crippen molar-refractivity contribution in [2.75, 3.05) is 6.61 Å². The first-order valence-corrected chi connectivity index (χ1v) is 12.6. The lowest BCUT2D eigenvalue weighted by Crippen LogP contribution is -2.66. The van der Waals surface area contributed by atoms with Gasteiger partial charge in [-0.05, 0) is 33.1 Å². The zero-order chi connectivity index (χ0) is 28.6. The number of carbonyl (C=O) groups excluding carboxylic acids is 4. The van der Waals surface area contributed by atoms with Crippen LogP contribution in [0.2, 0.25) is 0 Å². The second-order valence-corrected chi connectivity index (χ2v) is 9.62. The number of nitrogens with one attached hydrogen (secondary N) is 3. The standard InChI is InChI=1S/C23H38N4O11/c1-10(20(33)26-13(19(24)32)7-8-15(29)30)25-21(34)11(2)37-18-16(23(36)38-14(9-28)17(18)31)27-22(35)12-5-3-4-6-12/h10-14,16-18,23,28,31,36H,3-9H2,1-2H3,(H2,24,32)(H,25,34)(H,26,33)(H,27,35)(H,29,30)/t10?,11?,13?,14-,16-,17-,18-,23?/m1/s1. The van der Waals surface area contributed by atoms with Gasteiger partial charge in [-0.2, -0.15) is 0 Å². The third-order valence-corrected chi connectivity index (χ3v) is 6.70. The van der Waals surface area contributed by atoms with Crippen LogP contribution < -0.4 is 21.7 Å². The molecule has 0 aromatic heterocycles. The smallest absolute Gasteiger partial charge is 0.303 e. The zero-order valence-electron chi connectivity index (χ0n) is 21.4. The molecule has 9 N–H and O–H groups in total. The fraction of sp³-hybridized carbons (Fsp3) is 0.783. The lowest BCUT2D eigenvalue weighted by atomic mass is 9.95. The Morgan fingerprint density at radius 2 is 1.68 bits per heavy atom. The Morgan fingerprint density at radius 3 is 2.24 bits per heavy atom. The van der Waals surface area contributed by atoms with E-state index in [4.69, 9.17) is 20.3 Å². The minimum atomic E-state index is -1.64. The van der Waals surface area contributed by atoms with Crippen LogP contribution in [0.3, 0.4) is 0 Å². The molecular formula is C23H38N4O11. The molecule has 8 atom stereocenters. The van der Waals surface area contributed by atoms with Gasteiger partial charge in [0.05, 0.1) is 6.61 Å². The third kappa shape index (κ3) is 8.59. The summed E-state index contributed by atoms with van der Waals surface area (Å²) in [4.78, 5) is 60.1. The molecule has 1 saturated heterocycles. The van der Waals surface area contributed by atoms with Gasteiger partial charge in [-0.1, -0.05) is 12.8 Å². The predicted molar refractivity (Wildman–Crippen MR) is 128 cm³/mol. The topological polar surface area (TPSA) is 247 Å². The number of rotatable bonds is 13. The van der Waals surface area contributed by atoms with Crippen molar-refractivity contribution in [2.45, 2.75) is 101 Å². The van der Waals surface area contributed by atoms with Crippen LogP contribution in [0.15, 0.2) is 0 Å². The number of ether oxygens (including phenoxy) is 2. The number of primary amides is 1. The fourth-order valence-corrected chi connectivity index (χ4v) is 4.41. The quantitative estimate of drug-likeness (QED) is 0.115. The van der Waals surface area contributed by atoms with E-state index in [2.05, 4.69) is 16.0 Å². The van der Waals surface area contributed by atoms with Crippen molar-refractivity contribution in [2.24, 2.45) is 11.7 Å². The van der Waals surface area contributed by atoms with Crippen LogP contribution in [-0.2, 0) is 33.4 Å². The van der Waals surface area contributed by atoms with Crippen LogP contribution in [0.25, 0.3) is 0 Å². The van der Waals surface area contributed by atoms with E-state index < -0.39 is 85.5 Å². The summed E-state index contributed by atoms with van der Waals surface area (Å²) in [7, 11) is 0. The first-order valence-electron chi connectivity index (χ1n) is 12.6. The molecule has 15 nitrogen and oxygen atoms in total. The van der Waals surface area contributed by atoms with Crippen LogP contribution in [0.4, 0.5) is 0 Å². The maximum Gasteiger partial charge on any atom is 0.303 e. The molecule has 0 aromatic carbocycles. The van der Waals surface area contributed by atoms with Gasteiger partial charge in [0, 0.05) is 12.3 Å². The summed E-state index contributed by atoms with van der Waals surface area (Å²) in [5.41, 5.74) is 5.20. The van der Waals surface area contributed by atoms with Gasteiger partial charge in [-0.25, -0.2) is 0 Å². The van der Waals surface area contributed by atoms with E-state index in [0.717, 1.165) is 12.8 Å². The highest BCUT2D eigenvalue weighted by atomic mass is 16.6. The Morgan fingerprint density at radius 1 is 1.05 bits per heavy atom. The number of amides is 4. The summed E-state index contributed by atoms with van der Waals surface area (Å²) in [5, 5.41) is 46.7. The number of aliphatic hydroxyl groups excluding tert-OH is 3. The largest absolute Gasteiger partial charge is 0.481 e. The molecule has 38 heavy (non-hydrogen) atoms. The number of aliphatic hydroxyl groups is 3. The highest BCUT2D eigenvalue weighted by Gasteiger charge is 2.47. The van der Waals surface area contributed by atoms with E-state index in [1.165, 1.54) is 13.8 Å². The highest BCUT2D eigenvalue weighted by molar-refractivity contribution is 5.92. The number of aliphatic carboxylic acids is 1. The van der Waals surface area contributed by atoms with E-state index in [1.54, 1.807) is 0 Å². The summed E-state index contributed by atoms with van der Waals surface area (Å²) in [6.45, 7) is 1.97. The first kappa shape index (κ1) is 31.4. The lowest BCUT2D eigenvalue weighted by molar-refractivity contribution is -0.266. The van der Waals surface area contributed by atoms with Crippen molar-refractivity contribution in [1.82, 2.24) is 16.0 Å². The normalized spacial score (nSPS) is 28.1. The van der Waals surface area contributed by atoms with Gasteiger partial charge >= 0.3 is 5.97 Å². The maximum atomic E-state index is 12.7. The number of hydrogen-bond donors (Lipinski definition) is 8. The molecule has 0 bridgehead atoms. The minimum absolute atomic E-state index is 0.236. The van der Waals surface area contributed by atoms with Crippen molar-refractivity contribution in [1.29, 1.82) is 0 Å². The Balaban J connectivity index is 2.03. The molecule has 0 aromatic rings. The van der Waals surface area contributed by atoms with Gasteiger partial charge in [0.1, 0.15) is 42.5 Å². The number of carboxylic acids is 1. The van der Waals surface area contributed by atoms with Gasteiger partial charge in [-0.15, -0.1) is 0 Å². The van der Waals surface area contributed by atoms with Crippen LogP contribution in [-0.4, -0.2) is 105 Å². The minimum Gasteiger partial charge on any atom is -0.481 e. The number of carboxylic acid groups (broad SMARTS) is 1. The SMILES string of the molecule is CC(NC(=O)C(C)O[C@H]1[C@H](O)[C@@H](CO)OC(O)[C@@H]1NC(=O)C1CCCC1)C(=O)NC(CCC(=O)O)C(N)=O. The summed E-state index contributed by atoms with van der Waals surface area (Å²) >= 11 is 0. The van der Waals surface area contributed by atoms with Gasteiger partial charge < -0.3 is 51.6 Å². The van der Waals surface area contributed by atoms with Crippen LogP contribution in [0, 0.1) is 5.92 Å². The van der Waals surface area contributed by atoms with E-state index in [9.17, 15) is 39.3 Å². The summed E-state index contributed by atoms with van der Waals surface area (Å²) < 4.78 is 10.9. The molecule has 0 radical (unpaired) electrons. The Labute approximate surface area is 219 Å². The van der Waals surface area contributed by atoms with Gasteiger partial charge in [-0.3, -0.25) is 24.0 Å². The number of hydrogen-bond acceptors (Lipinski definition) is 10. The second kappa shape index (κ2) is 14.3. The predicted octanol–water partition coefficient (Wildman–Crippen LogP) is -3.15. The second-order valence-electron chi connectivity index (χ2n) is 9.62. The maximum absolute atomic E-state index is 12.7. The molecule has 1 heterocycles. The van der Waals surface area contributed by atoms with E-state index in [-0.39, 0.29) is 18.2 Å². The van der Waals surface area contributed by atoms with Crippen molar-refractivity contribution in [3.63, 3.8) is 0 Å². The van der Waals surface area contributed by atoms with Crippen LogP contribution in [0.1, 0.15) is 52.4 Å². The molecule has 15 heteroatoms. The molecule has 2 rings (SSSR count). The highest BCUT2D eigenvalue weighted by Crippen LogP contribution is 2.27. The Bertz CT molecular complexity index is 866. The van der Waals surface area contributed by atoms with Gasteiger partial charge in [0.25, 0.3) is 0 Å². The Hall–Kier alpha value is -2.85. The Kier molecular flexibility index (Phi) is 11.8. The average Bonchev–Trinajstić information content (AvgIpc) is 3.40. The molecule has 4 unspecified atom stereocenters. The van der Waals surface area contributed by atoms with Gasteiger partial charge in [0.2, 0.25) is 23.6 Å². The van der Waals surface area contributed by atoms with E-state index in [0.29, 0.717) is 12.8 Å². The lowest BCUT2D eigenvalue weighted by Gasteiger charge is -2.43. The molecule has 4 amide bonds. The van der Waals surface area contributed by atoms with Crippen molar-refractivity contribution >= 4 is 29.6 Å². The molecule has 1 aliphatic carbocycles. The van der Waals surface area contributed by atoms with Gasteiger partial charge in [0.15, 0.2) is 6.29 Å². The van der Waals surface area contributed by atoms with E-state index in [1.807, 2.05) is 0 Å². The van der Waals surface area contributed by atoms with Crippen LogP contribution >= 0.6 is 0 Å².